The van der Waals surface area contributed by atoms with Gasteiger partial charge in [0, 0.05) is 12.8 Å². The number of rotatable bonds is 57. The predicted octanol–water partition coefficient (Wildman–Crippen LogP) is 21.7. The summed E-state index contributed by atoms with van der Waals surface area (Å²) in [5.41, 5.74) is 0. The quantitative estimate of drug-likeness (QED) is 0.0261. The first-order chi connectivity index (χ1) is 37.0. The van der Waals surface area contributed by atoms with Gasteiger partial charge in [-0.25, -0.2) is 0 Å². The van der Waals surface area contributed by atoms with Crippen LogP contribution in [0.3, 0.4) is 0 Å². The van der Waals surface area contributed by atoms with E-state index in [0.717, 1.165) is 96.3 Å². The molecule has 0 aromatic heterocycles. The summed E-state index contributed by atoms with van der Waals surface area (Å²) in [7, 11) is 0. The van der Waals surface area contributed by atoms with Crippen LogP contribution in [-0.2, 0) is 28.6 Å². The summed E-state index contributed by atoms with van der Waals surface area (Å²) in [6.45, 7) is 6.45. The number of allylic oxidation sites excluding steroid dienone is 15. The highest BCUT2D eigenvalue weighted by molar-refractivity contribution is 5.72. The molecule has 0 aliphatic heterocycles. The maximum Gasteiger partial charge on any atom is 0.309 e. The Morgan fingerprint density at radius 1 is 0.293 bits per heavy atom. The van der Waals surface area contributed by atoms with E-state index in [4.69, 9.17) is 14.2 Å². The lowest BCUT2D eigenvalue weighted by molar-refractivity contribution is -0.166. The number of carbonyl (C=O) groups is 3. The first kappa shape index (κ1) is 71.3. The normalized spacial score (nSPS) is 12.7. The van der Waals surface area contributed by atoms with E-state index >= 15 is 0 Å². The summed E-state index contributed by atoms with van der Waals surface area (Å²) in [6, 6.07) is 0. The molecule has 0 aromatic rings. The second-order valence-corrected chi connectivity index (χ2v) is 21.0. The smallest absolute Gasteiger partial charge is 0.309 e. The van der Waals surface area contributed by atoms with Gasteiger partial charge in [0.1, 0.15) is 13.2 Å². The van der Waals surface area contributed by atoms with Crippen LogP contribution < -0.4 is 0 Å². The summed E-state index contributed by atoms with van der Waals surface area (Å²) >= 11 is 0. The maximum atomic E-state index is 12.9. The Kier molecular flexibility index (Phi) is 59.8. The number of hydrogen-bond acceptors (Lipinski definition) is 6. The average molecular weight is 1040 g/mol. The molecular formula is C69H118O6. The van der Waals surface area contributed by atoms with Crippen molar-refractivity contribution < 1.29 is 28.6 Å². The van der Waals surface area contributed by atoms with Gasteiger partial charge in [0.05, 0.1) is 6.42 Å². The Bertz CT molecular complexity index is 1480. The van der Waals surface area contributed by atoms with E-state index in [1.54, 1.807) is 6.08 Å². The Labute approximate surface area is 464 Å². The summed E-state index contributed by atoms with van der Waals surface area (Å²) in [5, 5.41) is 0. The lowest BCUT2D eigenvalue weighted by atomic mass is 10.0. The first-order valence-electron chi connectivity index (χ1n) is 31.7. The van der Waals surface area contributed by atoms with Gasteiger partial charge in [-0.15, -0.1) is 0 Å². The lowest BCUT2D eigenvalue weighted by Crippen LogP contribution is -2.30. The molecule has 0 radical (unpaired) electrons. The summed E-state index contributed by atoms with van der Waals surface area (Å²) in [6.07, 6.45) is 84.4. The van der Waals surface area contributed by atoms with Crippen LogP contribution in [0.1, 0.15) is 303 Å². The third kappa shape index (κ3) is 61.1. The zero-order chi connectivity index (χ0) is 54.3. The zero-order valence-corrected chi connectivity index (χ0v) is 49.3. The fourth-order valence-corrected chi connectivity index (χ4v) is 8.88. The Hall–Kier alpha value is -3.67. The molecule has 0 heterocycles. The minimum Gasteiger partial charge on any atom is -0.462 e. The highest BCUT2D eigenvalue weighted by Crippen LogP contribution is 2.17. The molecule has 1 atom stereocenters. The van der Waals surface area contributed by atoms with E-state index in [9.17, 15) is 14.4 Å². The van der Waals surface area contributed by atoms with Crippen molar-refractivity contribution in [2.24, 2.45) is 0 Å². The van der Waals surface area contributed by atoms with Crippen LogP contribution in [-0.4, -0.2) is 37.2 Å². The molecule has 75 heavy (non-hydrogen) atoms. The second-order valence-electron chi connectivity index (χ2n) is 21.0. The van der Waals surface area contributed by atoms with Gasteiger partial charge in [-0.1, -0.05) is 298 Å². The van der Waals surface area contributed by atoms with E-state index in [1.807, 2.05) is 6.08 Å². The van der Waals surface area contributed by atoms with E-state index in [0.29, 0.717) is 12.8 Å². The third-order valence-electron chi connectivity index (χ3n) is 13.6. The molecule has 0 rings (SSSR count). The van der Waals surface area contributed by atoms with Crippen LogP contribution >= 0.6 is 0 Å². The van der Waals surface area contributed by atoms with Crippen molar-refractivity contribution in [1.82, 2.24) is 0 Å². The highest BCUT2D eigenvalue weighted by Gasteiger charge is 2.19. The van der Waals surface area contributed by atoms with Crippen molar-refractivity contribution in [3.8, 4) is 0 Å². The molecule has 430 valence electrons. The fraction of sp³-hybridized carbons (Fsp3) is 0.725. The van der Waals surface area contributed by atoms with Crippen molar-refractivity contribution >= 4 is 17.9 Å². The zero-order valence-electron chi connectivity index (χ0n) is 49.3. The highest BCUT2D eigenvalue weighted by atomic mass is 16.6. The Morgan fingerprint density at radius 2 is 0.573 bits per heavy atom. The van der Waals surface area contributed by atoms with Gasteiger partial charge < -0.3 is 14.2 Å². The largest absolute Gasteiger partial charge is 0.462 e. The van der Waals surface area contributed by atoms with Crippen molar-refractivity contribution in [3.05, 3.63) is 97.2 Å². The van der Waals surface area contributed by atoms with Crippen molar-refractivity contribution in [1.29, 1.82) is 0 Å². The molecule has 0 fully saturated rings. The second kappa shape index (κ2) is 62.9. The van der Waals surface area contributed by atoms with Crippen LogP contribution in [0.25, 0.3) is 0 Å². The van der Waals surface area contributed by atoms with E-state index in [2.05, 4.69) is 106 Å². The molecule has 0 spiro atoms. The number of esters is 3. The van der Waals surface area contributed by atoms with Crippen LogP contribution in [0, 0.1) is 0 Å². The van der Waals surface area contributed by atoms with Gasteiger partial charge in [0.25, 0.3) is 0 Å². The van der Waals surface area contributed by atoms with Crippen LogP contribution in [0.4, 0.5) is 0 Å². The van der Waals surface area contributed by atoms with Gasteiger partial charge in [-0.3, -0.25) is 14.4 Å². The summed E-state index contributed by atoms with van der Waals surface area (Å²) in [5.74, 6) is -1.05. The molecule has 0 aromatic carbocycles. The summed E-state index contributed by atoms with van der Waals surface area (Å²) in [4.78, 5) is 38.2. The molecule has 0 aliphatic rings. The van der Waals surface area contributed by atoms with E-state index in [-0.39, 0.29) is 31.6 Å². The van der Waals surface area contributed by atoms with Gasteiger partial charge in [0.15, 0.2) is 6.10 Å². The Morgan fingerprint density at radius 3 is 0.933 bits per heavy atom. The van der Waals surface area contributed by atoms with Crippen LogP contribution in [0.2, 0.25) is 0 Å². The predicted molar refractivity (Wildman–Crippen MR) is 325 cm³/mol. The molecule has 0 N–H and O–H groups in total. The lowest BCUT2D eigenvalue weighted by Gasteiger charge is -2.18. The molecule has 0 amide bonds. The molecule has 0 saturated carbocycles. The third-order valence-corrected chi connectivity index (χ3v) is 13.6. The summed E-state index contributed by atoms with van der Waals surface area (Å²) < 4.78 is 16.8. The maximum absolute atomic E-state index is 12.9. The SMILES string of the molecule is CC/C=C\C/C=C\C/C=C\C/C=C\C/C=C\CC(=O)OCC(COC(=O)CCCCCCCC/C=C\C/C=C\C/C=C\CCCCCCC)OC(=O)CCCCCCCCCCCCCCCCCCCCCCC. The number of carbonyl (C=O) groups excluding carboxylic acids is 3. The molecule has 6 heteroatoms. The van der Waals surface area contributed by atoms with Gasteiger partial charge in [-0.05, 0) is 83.5 Å². The van der Waals surface area contributed by atoms with Crippen molar-refractivity contribution in [2.45, 2.75) is 309 Å². The van der Waals surface area contributed by atoms with E-state index < -0.39 is 12.1 Å². The fourth-order valence-electron chi connectivity index (χ4n) is 8.88. The van der Waals surface area contributed by atoms with E-state index in [1.165, 1.54) is 167 Å². The topological polar surface area (TPSA) is 78.9 Å². The van der Waals surface area contributed by atoms with Crippen LogP contribution in [0.15, 0.2) is 97.2 Å². The molecular weight excluding hydrogens is 925 g/mol. The van der Waals surface area contributed by atoms with Gasteiger partial charge in [-0.2, -0.15) is 0 Å². The molecule has 1 unspecified atom stereocenters. The number of hydrogen-bond donors (Lipinski definition) is 0. The van der Waals surface area contributed by atoms with Crippen LogP contribution in [0.5, 0.6) is 0 Å². The number of ether oxygens (including phenoxy) is 3. The molecule has 6 nitrogen and oxygen atoms in total. The number of unbranched alkanes of at least 4 members (excludes halogenated alkanes) is 31. The van der Waals surface area contributed by atoms with Gasteiger partial charge in [0.2, 0.25) is 0 Å². The minimum absolute atomic E-state index is 0.113. The minimum atomic E-state index is -0.824. The Balaban J connectivity index is 4.45. The van der Waals surface area contributed by atoms with Gasteiger partial charge >= 0.3 is 17.9 Å². The molecule has 0 bridgehead atoms. The first-order valence-corrected chi connectivity index (χ1v) is 31.7. The van der Waals surface area contributed by atoms with Crippen molar-refractivity contribution in [3.63, 3.8) is 0 Å². The molecule has 0 aliphatic carbocycles. The van der Waals surface area contributed by atoms with Crippen molar-refractivity contribution in [2.75, 3.05) is 13.2 Å². The monoisotopic (exact) mass is 1040 g/mol. The standard InChI is InChI=1S/C69H118O6/c1-4-7-10-13-16-19-22-25-28-30-32-34-36-38-41-44-47-50-53-56-59-62-68(71)74-65-66(64-73-67(70)61-58-55-52-49-46-43-40-27-24-21-18-15-12-9-6-3)75-69(72)63-60-57-54-51-48-45-42-39-37-35-33-31-29-26-23-20-17-14-11-8-5-2/h9,12,18,21-22,25,27,30,32,36,38,40,46,49,55,58,66H,4-8,10-11,13-17,19-20,23-24,26,28-29,31,33-35,37,39,41-45,47-48,50-54,56-57,59-65H2,1-3H3/b12-9-,21-18-,25-22-,32-30-,38-36-,40-27-,49-46-,58-55-. The average Bonchev–Trinajstić information content (AvgIpc) is 3.41. The molecule has 0 saturated heterocycles.